The van der Waals surface area contributed by atoms with Crippen LogP contribution in [0.4, 0.5) is 9.59 Å². The van der Waals surface area contributed by atoms with Crippen molar-refractivity contribution in [3.8, 4) is 0 Å². The smallest absolute Gasteiger partial charge is 0.410 e. The van der Waals surface area contributed by atoms with Crippen LogP contribution in [0.15, 0.2) is 30.3 Å². The number of hydrogen-bond donors (Lipinski definition) is 0. The van der Waals surface area contributed by atoms with E-state index in [-0.39, 0.29) is 24.8 Å². The van der Waals surface area contributed by atoms with Crippen LogP contribution < -0.4 is 0 Å². The summed E-state index contributed by atoms with van der Waals surface area (Å²) in [5.41, 5.74) is 0.979. The van der Waals surface area contributed by atoms with Crippen LogP contribution in [-0.2, 0) is 11.3 Å². The first-order chi connectivity index (χ1) is 11.6. The number of likely N-dealkylation sites (tertiary alicyclic amines) is 1. The standard InChI is InChI=1S/C18H25N3O3/c1-19-10-6-12-21(17(19)22)16-9-5-11-20(13-16)18(23)24-14-15-7-3-2-4-8-15/h2-4,7-8,16H,5-6,9-14H2,1H3/t16-/m0/s1. The van der Waals surface area contributed by atoms with E-state index in [1.165, 1.54) is 0 Å². The maximum atomic E-state index is 12.3. The third-order valence-electron chi connectivity index (χ3n) is 4.77. The van der Waals surface area contributed by atoms with Crippen LogP contribution in [0.3, 0.4) is 0 Å². The minimum Gasteiger partial charge on any atom is -0.445 e. The number of amides is 3. The highest BCUT2D eigenvalue weighted by atomic mass is 16.6. The van der Waals surface area contributed by atoms with Crippen molar-refractivity contribution < 1.29 is 14.3 Å². The predicted molar refractivity (Wildman–Crippen MR) is 90.6 cm³/mol. The first-order valence-electron chi connectivity index (χ1n) is 8.62. The quantitative estimate of drug-likeness (QED) is 0.855. The number of benzene rings is 1. The molecule has 1 aromatic rings. The van der Waals surface area contributed by atoms with Gasteiger partial charge in [-0.2, -0.15) is 0 Å². The van der Waals surface area contributed by atoms with Gasteiger partial charge in [-0.05, 0) is 24.8 Å². The molecule has 2 aliphatic rings. The van der Waals surface area contributed by atoms with Crippen LogP contribution in [0.2, 0.25) is 0 Å². The van der Waals surface area contributed by atoms with Crippen LogP contribution >= 0.6 is 0 Å². The zero-order valence-electron chi connectivity index (χ0n) is 14.2. The van der Waals surface area contributed by atoms with E-state index in [9.17, 15) is 9.59 Å². The van der Waals surface area contributed by atoms with E-state index in [1.54, 1.807) is 9.80 Å². The molecule has 2 saturated heterocycles. The Morgan fingerprint density at radius 3 is 2.75 bits per heavy atom. The third kappa shape index (κ3) is 3.80. The molecule has 1 aromatic carbocycles. The number of carbonyl (C=O) groups is 2. The summed E-state index contributed by atoms with van der Waals surface area (Å²) in [6.07, 6.45) is 2.54. The van der Waals surface area contributed by atoms with Gasteiger partial charge in [-0.25, -0.2) is 9.59 Å². The molecule has 0 bridgehead atoms. The van der Waals surface area contributed by atoms with Gasteiger partial charge in [-0.15, -0.1) is 0 Å². The van der Waals surface area contributed by atoms with Gasteiger partial charge in [0.05, 0.1) is 6.04 Å². The molecule has 0 aliphatic carbocycles. The molecule has 2 aliphatic heterocycles. The van der Waals surface area contributed by atoms with Crippen molar-refractivity contribution in [2.24, 2.45) is 0 Å². The van der Waals surface area contributed by atoms with Gasteiger partial charge in [0.15, 0.2) is 0 Å². The van der Waals surface area contributed by atoms with Crippen molar-refractivity contribution in [1.82, 2.24) is 14.7 Å². The maximum Gasteiger partial charge on any atom is 0.410 e. The Hall–Kier alpha value is -2.24. The van der Waals surface area contributed by atoms with Gasteiger partial charge in [-0.3, -0.25) is 0 Å². The highest BCUT2D eigenvalue weighted by Crippen LogP contribution is 2.20. The Morgan fingerprint density at radius 1 is 1.17 bits per heavy atom. The number of urea groups is 1. The SMILES string of the molecule is CN1CCCN([C@H]2CCCN(C(=O)OCc3ccccc3)C2)C1=O. The highest BCUT2D eigenvalue weighted by Gasteiger charge is 2.34. The van der Waals surface area contributed by atoms with E-state index in [0.717, 1.165) is 37.9 Å². The molecule has 0 unspecified atom stereocenters. The maximum absolute atomic E-state index is 12.3. The molecule has 0 radical (unpaired) electrons. The second-order valence-corrected chi connectivity index (χ2v) is 6.53. The van der Waals surface area contributed by atoms with Crippen LogP contribution in [0, 0.1) is 0 Å². The van der Waals surface area contributed by atoms with Crippen molar-refractivity contribution in [1.29, 1.82) is 0 Å². The molecule has 0 N–H and O–H groups in total. The lowest BCUT2D eigenvalue weighted by Crippen LogP contribution is -2.57. The van der Waals surface area contributed by atoms with Crippen LogP contribution in [0.25, 0.3) is 0 Å². The summed E-state index contributed by atoms with van der Waals surface area (Å²) in [4.78, 5) is 30.1. The first-order valence-corrected chi connectivity index (χ1v) is 8.62. The second kappa shape index (κ2) is 7.55. The van der Waals surface area contributed by atoms with Crippen molar-refractivity contribution in [3.05, 3.63) is 35.9 Å². The average Bonchev–Trinajstić information content (AvgIpc) is 2.63. The molecule has 0 saturated carbocycles. The van der Waals surface area contributed by atoms with Gasteiger partial charge in [0, 0.05) is 33.2 Å². The summed E-state index contributed by atoms with van der Waals surface area (Å²) >= 11 is 0. The van der Waals surface area contributed by atoms with E-state index in [2.05, 4.69) is 0 Å². The van der Waals surface area contributed by atoms with E-state index >= 15 is 0 Å². The molecule has 130 valence electrons. The Bertz CT molecular complexity index is 578. The van der Waals surface area contributed by atoms with Gasteiger partial charge < -0.3 is 19.4 Å². The summed E-state index contributed by atoms with van der Waals surface area (Å²) in [5, 5.41) is 0. The summed E-state index contributed by atoms with van der Waals surface area (Å²) in [5.74, 6) is 0. The Balaban J connectivity index is 1.55. The van der Waals surface area contributed by atoms with Gasteiger partial charge >= 0.3 is 12.1 Å². The minimum atomic E-state index is -0.290. The Morgan fingerprint density at radius 2 is 1.96 bits per heavy atom. The zero-order chi connectivity index (χ0) is 16.9. The summed E-state index contributed by atoms with van der Waals surface area (Å²) in [6.45, 7) is 3.13. The third-order valence-corrected chi connectivity index (χ3v) is 4.77. The number of nitrogens with zero attached hydrogens (tertiary/aromatic N) is 3. The Kier molecular flexibility index (Phi) is 5.23. The number of hydrogen-bond acceptors (Lipinski definition) is 3. The fourth-order valence-electron chi connectivity index (χ4n) is 3.41. The molecular formula is C18H25N3O3. The van der Waals surface area contributed by atoms with Crippen LogP contribution in [-0.4, -0.2) is 66.1 Å². The van der Waals surface area contributed by atoms with Crippen molar-refractivity contribution in [3.63, 3.8) is 0 Å². The molecule has 3 rings (SSSR count). The molecule has 6 heteroatoms. The van der Waals surface area contributed by atoms with Gasteiger partial charge in [0.25, 0.3) is 0 Å². The van der Waals surface area contributed by atoms with Crippen LogP contribution in [0.1, 0.15) is 24.8 Å². The lowest BCUT2D eigenvalue weighted by molar-refractivity contribution is 0.0562. The van der Waals surface area contributed by atoms with Crippen LogP contribution in [0.5, 0.6) is 0 Å². The minimum absolute atomic E-state index is 0.0748. The molecule has 3 amide bonds. The average molecular weight is 331 g/mol. The van der Waals surface area contributed by atoms with E-state index < -0.39 is 0 Å². The molecule has 24 heavy (non-hydrogen) atoms. The zero-order valence-corrected chi connectivity index (χ0v) is 14.2. The summed E-state index contributed by atoms with van der Waals surface area (Å²) in [6, 6.07) is 9.84. The number of piperidine rings is 1. The van der Waals surface area contributed by atoms with Crippen molar-refractivity contribution in [2.45, 2.75) is 31.9 Å². The molecule has 2 fully saturated rings. The lowest BCUT2D eigenvalue weighted by Gasteiger charge is -2.42. The molecule has 0 aromatic heterocycles. The van der Waals surface area contributed by atoms with E-state index in [0.29, 0.717) is 13.1 Å². The summed E-state index contributed by atoms with van der Waals surface area (Å²) in [7, 11) is 1.84. The van der Waals surface area contributed by atoms with Gasteiger partial charge in [0.2, 0.25) is 0 Å². The van der Waals surface area contributed by atoms with Gasteiger partial charge in [0.1, 0.15) is 6.61 Å². The normalized spacial score (nSPS) is 21.8. The molecule has 2 heterocycles. The Labute approximate surface area is 143 Å². The predicted octanol–water partition coefficient (Wildman–Crippen LogP) is 2.55. The molecular weight excluding hydrogens is 306 g/mol. The van der Waals surface area contributed by atoms with Gasteiger partial charge in [-0.1, -0.05) is 30.3 Å². The number of carbonyl (C=O) groups excluding carboxylic acids is 2. The second-order valence-electron chi connectivity index (χ2n) is 6.53. The van der Waals surface area contributed by atoms with Crippen molar-refractivity contribution in [2.75, 3.05) is 33.2 Å². The lowest BCUT2D eigenvalue weighted by atomic mass is 10.0. The molecule has 1 atom stereocenters. The van der Waals surface area contributed by atoms with E-state index in [1.807, 2.05) is 42.3 Å². The first kappa shape index (κ1) is 16.6. The number of rotatable bonds is 3. The monoisotopic (exact) mass is 331 g/mol. The van der Waals surface area contributed by atoms with E-state index in [4.69, 9.17) is 4.74 Å². The van der Waals surface area contributed by atoms with Crippen molar-refractivity contribution >= 4 is 12.1 Å². The highest BCUT2D eigenvalue weighted by molar-refractivity contribution is 5.75. The fraction of sp³-hybridized carbons (Fsp3) is 0.556. The summed E-state index contributed by atoms with van der Waals surface area (Å²) < 4.78 is 5.42. The topological polar surface area (TPSA) is 53.1 Å². The molecule has 0 spiro atoms. The number of ether oxygens (including phenoxy) is 1. The fourth-order valence-corrected chi connectivity index (χ4v) is 3.41. The molecule has 6 nitrogen and oxygen atoms in total. The largest absolute Gasteiger partial charge is 0.445 e.